The van der Waals surface area contributed by atoms with Gasteiger partial charge in [0.05, 0.1) is 25.0 Å². The highest BCUT2D eigenvalue weighted by molar-refractivity contribution is 7.98. The second-order valence-corrected chi connectivity index (χ2v) is 8.73. The highest BCUT2D eigenvalue weighted by Gasteiger charge is 2.70. The molecule has 4 atom stereocenters. The third kappa shape index (κ3) is 2.69. The quantitative estimate of drug-likeness (QED) is 0.673. The number of fused-ring (bicyclic) bond motifs is 4. The van der Waals surface area contributed by atoms with Gasteiger partial charge >= 0.3 is 0 Å². The normalized spacial score (nSPS) is 30.9. The zero-order chi connectivity index (χ0) is 20.1. The first kappa shape index (κ1) is 19.7. The Kier molecular flexibility index (Phi) is 5.16. The molecule has 0 unspecified atom stereocenters. The van der Waals surface area contributed by atoms with E-state index in [1.165, 1.54) is 12.0 Å². The van der Waals surface area contributed by atoms with Gasteiger partial charge in [-0.2, -0.15) is 11.8 Å². The molecule has 7 nitrogen and oxygen atoms in total. The van der Waals surface area contributed by atoms with Crippen LogP contribution in [0.3, 0.4) is 0 Å². The number of carbonyl (C=O) groups excluding carboxylic acids is 3. The largest absolute Gasteiger partial charge is 0.383 e. The summed E-state index contributed by atoms with van der Waals surface area (Å²) in [6.07, 6.45) is 2.68. The summed E-state index contributed by atoms with van der Waals surface area (Å²) in [4.78, 5) is 40.9. The van der Waals surface area contributed by atoms with E-state index >= 15 is 0 Å². The van der Waals surface area contributed by atoms with Crippen molar-refractivity contribution in [3.05, 3.63) is 28.8 Å². The Hall–Kier alpha value is -1.61. The fraction of sp³-hybridized carbons (Fsp3) is 0.526. The average Bonchev–Trinajstić information content (AvgIpc) is 3.24. The molecule has 9 heteroatoms. The molecule has 1 aromatic carbocycles. The number of hydrogen-bond donors (Lipinski definition) is 2. The van der Waals surface area contributed by atoms with Gasteiger partial charge in [0, 0.05) is 29.4 Å². The van der Waals surface area contributed by atoms with E-state index in [4.69, 9.17) is 16.3 Å². The molecular formula is C19H22ClN3O4S. The molecule has 0 bridgehead atoms. The molecule has 3 heterocycles. The van der Waals surface area contributed by atoms with Crippen LogP contribution >= 0.6 is 23.4 Å². The summed E-state index contributed by atoms with van der Waals surface area (Å²) in [6, 6.07) is 4.88. The summed E-state index contributed by atoms with van der Waals surface area (Å²) in [5.74, 6) is -1.41. The molecule has 3 aliphatic rings. The van der Waals surface area contributed by atoms with Crippen molar-refractivity contribution in [2.45, 2.75) is 18.0 Å². The highest BCUT2D eigenvalue weighted by atomic mass is 35.5. The summed E-state index contributed by atoms with van der Waals surface area (Å²) in [5, 5.41) is 6.74. The maximum atomic E-state index is 13.3. The maximum absolute atomic E-state index is 13.3. The number of thioether (sulfide) groups is 1. The number of halogens is 1. The molecule has 3 aliphatic heterocycles. The second-order valence-electron chi connectivity index (χ2n) is 7.31. The number of imide groups is 1. The predicted octanol–water partition coefficient (Wildman–Crippen LogP) is 1.46. The summed E-state index contributed by atoms with van der Waals surface area (Å²) in [6.45, 7) is 0.456. The van der Waals surface area contributed by atoms with Gasteiger partial charge in [-0.1, -0.05) is 11.6 Å². The van der Waals surface area contributed by atoms with Crippen LogP contribution in [0.2, 0.25) is 5.02 Å². The molecule has 0 saturated carbocycles. The molecule has 28 heavy (non-hydrogen) atoms. The number of methoxy groups -OCH3 is 1. The molecule has 4 rings (SSSR count). The van der Waals surface area contributed by atoms with Crippen molar-refractivity contribution in [3.8, 4) is 0 Å². The number of likely N-dealkylation sites (tertiary alicyclic amines) is 1. The minimum absolute atomic E-state index is 0.191. The Bertz CT molecular complexity index is 850. The molecule has 3 amide bonds. The number of rotatable bonds is 6. The van der Waals surface area contributed by atoms with Crippen LogP contribution in [0.4, 0.5) is 5.69 Å². The van der Waals surface area contributed by atoms with Crippen molar-refractivity contribution >= 4 is 46.8 Å². The molecule has 2 saturated heterocycles. The Balaban J connectivity index is 1.81. The van der Waals surface area contributed by atoms with Crippen molar-refractivity contribution < 1.29 is 19.1 Å². The van der Waals surface area contributed by atoms with Crippen molar-refractivity contribution in [1.82, 2.24) is 10.2 Å². The zero-order valence-corrected chi connectivity index (χ0v) is 17.2. The van der Waals surface area contributed by atoms with Gasteiger partial charge in [0.1, 0.15) is 5.54 Å². The van der Waals surface area contributed by atoms with Crippen LogP contribution in [0.25, 0.3) is 0 Å². The lowest BCUT2D eigenvalue weighted by Crippen LogP contribution is -2.53. The highest BCUT2D eigenvalue weighted by Crippen LogP contribution is 2.53. The first-order chi connectivity index (χ1) is 13.5. The SMILES string of the molecule is COCCN1C(=O)[C@@H]2[C@H](CCSC)N[C@@]3(C(=O)Nc4ccc(Cl)cc43)[C@@H]2C1=O. The van der Waals surface area contributed by atoms with Gasteiger partial charge < -0.3 is 10.1 Å². The van der Waals surface area contributed by atoms with Gasteiger partial charge in [0.15, 0.2) is 0 Å². The predicted molar refractivity (Wildman–Crippen MR) is 107 cm³/mol. The number of benzene rings is 1. The fourth-order valence-corrected chi connectivity index (χ4v) is 5.39. The molecule has 0 radical (unpaired) electrons. The van der Waals surface area contributed by atoms with E-state index in [-0.39, 0.29) is 36.9 Å². The minimum Gasteiger partial charge on any atom is -0.383 e. The molecule has 0 aliphatic carbocycles. The van der Waals surface area contributed by atoms with E-state index in [0.717, 1.165) is 5.75 Å². The second kappa shape index (κ2) is 7.33. The summed E-state index contributed by atoms with van der Waals surface area (Å²) in [5.41, 5.74) is -0.00845. The molecule has 1 aromatic rings. The topological polar surface area (TPSA) is 87.7 Å². The van der Waals surface area contributed by atoms with Gasteiger partial charge in [-0.3, -0.25) is 24.6 Å². The number of anilines is 1. The van der Waals surface area contributed by atoms with Crippen LogP contribution in [0.5, 0.6) is 0 Å². The smallest absolute Gasteiger partial charge is 0.250 e. The first-order valence-corrected chi connectivity index (χ1v) is 10.9. The van der Waals surface area contributed by atoms with Crippen molar-refractivity contribution in [2.75, 3.05) is 37.6 Å². The number of carbonyl (C=O) groups is 3. The van der Waals surface area contributed by atoms with E-state index in [9.17, 15) is 14.4 Å². The van der Waals surface area contributed by atoms with Crippen LogP contribution in [0.1, 0.15) is 12.0 Å². The Morgan fingerprint density at radius 2 is 2.07 bits per heavy atom. The lowest BCUT2D eigenvalue weighted by Gasteiger charge is -2.29. The van der Waals surface area contributed by atoms with Gasteiger partial charge in [0.2, 0.25) is 17.7 Å². The van der Waals surface area contributed by atoms with Crippen LogP contribution in [0, 0.1) is 11.8 Å². The minimum atomic E-state index is -1.28. The van der Waals surface area contributed by atoms with E-state index in [0.29, 0.717) is 22.7 Å². The monoisotopic (exact) mass is 423 g/mol. The summed E-state index contributed by atoms with van der Waals surface area (Å²) < 4.78 is 5.06. The van der Waals surface area contributed by atoms with Crippen LogP contribution in [0.15, 0.2) is 18.2 Å². The molecule has 1 spiro atoms. The average molecular weight is 424 g/mol. The molecule has 2 N–H and O–H groups in total. The number of amides is 3. The van der Waals surface area contributed by atoms with Crippen molar-refractivity contribution in [2.24, 2.45) is 11.8 Å². The van der Waals surface area contributed by atoms with E-state index in [2.05, 4.69) is 10.6 Å². The number of ether oxygens (including phenoxy) is 1. The maximum Gasteiger partial charge on any atom is 0.250 e. The van der Waals surface area contributed by atoms with E-state index in [1.54, 1.807) is 30.0 Å². The Morgan fingerprint density at radius 3 is 2.79 bits per heavy atom. The Morgan fingerprint density at radius 1 is 1.29 bits per heavy atom. The number of hydrogen-bond acceptors (Lipinski definition) is 6. The molecule has 150 valence electrons. The standard InChI is InChI=1S/C19H22ClN3O4S/c1-27-7-6-23-16(24)14-13(5-8-28-2)22-19(15(14)17(23)25)11-9-10(20)3-4-12(11)21-18(19)26/h3-4,9,13-15,22H,5-8H2,1-2H3,(H,21,26)/t13-,14+,15-,19+/m0/s1. The van der Waals surface area contributed by atoms with Crippen LogP contribution < -0.4 is 10.6 Å². The summed E-state index contributed by atoms with van der Waals surface area (Å²) >= 11 is 7.88. The van der Waals surface area contributed by atoms with E-state index < -0.39 is 17.4 Å². The Labute approximate surface area is 172 Å². The van der Waals surface area contributed by atoms with Crippen LogP contribution in [-0.2, 0) is 24.7 Å². The van der Waals surface area contributed by atoms with Crippen molar-refractivity contribution in [1.29, 1.82) is 0 Å². The van der Waals surface area contributed by atoms with Gasteiger partial charge in [0.25, 0.3) is 0 Å². The van der Waals surface area contributed by atoms with E-state index in [1.807, 2.05) is 6.26 Å². The number of nitrogens with one attached hydrogen (secondary N) is 2. The van der Waals surface area contributed by atoms with Crippen LogP contribution in [-0.4, -0.2) is 60.9 Å². The lowest BCUT2D eigenvalue weighted by atomic mass is 9.76. The van der Waals surface area contributed by atoms with Gasteiger partial charge in [-0.15, -0.1) is 0 Å². The van der Waals surface area contributed by atoms with Gasteiger partial charge in [-0.25, -0.2) is 0 Å². The molecule has 2 fully saturated rings. The third-order valence-electron chi connectivity index (χ3n) is 5.92. The van der Waals surface area contributed by atoms with Gasteiger partial charge in [-0.05, 0) is 36.6 Å². The molecular weight excluding hydrogens is 402 g/mol. The lowest BCUT2D eigenvalue weighted by molar-refractivity contribution is -0.143. The van der Waals surface area contributed by atoms with Crippen molar-refractivity contribution in [3.63, 3.8) is 0 Å². The molecule has 0 aromatic heterocycles. The fourth-order valence-electron chi connectivity index (χ4n) is 4.73. The zero-order valence-electron chi connectivity index (χ0n) is 15.7. The number of nitrogens with zero attached hydrogens (tertiary/aromatic N) is 1. The summed E-state index contributed by atoms with van der Waals surface area (Å²) in [7, 11) is 1.53. The third-order valence-corrected chi connectivity index (χ3v) is 6.80. The first-order valence-electron chi connectivity index (χ1n) is 9.18.